The van der Waals surface area contributed by atoms with Crippen LogP contribution in [0.1, 0.15) is 200 Å². The van der Waals surface area contributed by atoms with Crippen molar-refractivity contribution in [3.05, 3.63) is 48.6 Å². The summed E-state index contributed by atoms with van der Waals surface area (Å²) < 4.78 is 17.2. The lowest BCUT2D eigenvalue weighted by Crippen LogP contribution is -2.55. The topological polar surface area (TPSA) is 102 Å². The van der Waals surface area contributed by atoms with Gasteiger partial charge in [0.05, 0.1) is 40.3 Å². The van der Waals surface area contributed by atoms with E-state index in [0.717, 1.165) is 77.0 Å². The van der Waals surface area contributed by atoms with Crippen molar-refractivity contribution in [2.75, 3.05) is 41.0 Å². The predicted octanol–water partition coefficient (Wildman–Crippen LogP) is 11.9. The number of carbonyl (C=O) groups is 3. The molecule has 0 bridgehead atoms. The van der Waals surface area contributed by atoms with E-state index in [1.165, 1.54) is 89.9 Å². The van der Waals surface area contributed by atoms with Crippen molar-refractivity contribution in [3.8, 4) is 0 Å². The van der Waals surface area contributed by atoms with E-state index in [-0.39, 0.29) is 42.7 Å². The number of esters is 2. The monoisotopic (exact) mass is 816 g/mol. The van der Waals surface area contributed by atoms with Gasteiger partial charge in [0, 0.05) is 19.3 Å². The first-order valence-corrected chi connectivity index (χ1v) is 23.7. The molecule has 0 heterocycles. The molecule has 0 rings (SSSR count). The molecule has 0 aromatic rings. The van der Waals surface area contributed by atoms with Crippen LogP contribution in [0.15, 0.2) is 48.6 Å². The quantitative estimate of drug-likeness (QED) is 0.0199. The summed E-state index contributed by atoms with van der Waals surface area (Å²) in [5.74, 6) is -1.77. The van der Waals surface area contributed by atoms with Crippen LogP contribution in [-0.2, 0) is 28.6 Å². The Kier molecular flexibility index (Phi) is 39.1. The number of carboxylic acid groups (broad SMARTS) is 1. The number of hydrogen-bond acceptors (Lipinski definition) is 7. The minimum absolute atomic E-state index is 0.0293. The maximum atomic E-state index is 12.7. The number of unbranched alkanes of at least 4 members (excludes halogenated alkanes) is 22. The molecule has 336 valence electrons. The van der Waals surface area contributed by atoms with Crippen LogP contribution in [0.25, 0.3) is 0 Å². The molecule has 0 fully saturated rings. The van der Waals surface area contributed by atoms with Crippen LogP contribution in [-0.4, -0.2) is 75.5 Å². The highest BCUT2D eigenvalue weighted by Gasteiger charge is 2.25. The van der Waals surface area contributed by atoms with Crippen LogP contribution in [0.3, 0.4) is 0 Å². The number of hydrogen-bond donors (Lipinski definition) is 0. The molecule has 8 heteroatoms. The summed E-state index contributed by atoms with van der Waals surface area (Å²) in [6, 6.07) is -0.732. The first kappa shape index (κ1) is 55.3. The molecule has 2 atom stereocenters. The molecule has 0 spiro atoms. The molecule has 0 saturated carbocycles. The molecule has 0 radical (unpaired) electrons. The SMILES string of the molecule is CCCCCCC/C=C/C=C/C=C/CCCCCCCC(=O)OC(COCCC(C(=O)[O-])[N+](C)(C)C)COC(=O)CCCCCCC/C=C/CCCCCCCCC. The van der Waals surface area contributed by atoms with E-state index in [9.17, 15) is 19.5 Å². The minimum Gasteiger partial charge on any atom is -0.544 e. The Morgan fingerprint density at radius 3 is 1.38 bits per heavy atom. The molecular weight excluding hydrogens is 727 g/mol. The van der Waals surface area contributed by atoms with Crippen molar-refractivity contribution in [1.29, 1.82) is 0 Å². The van der Waals surface area contributed by atoms with Gasteiger partial charge in [-0.2, -0.15) is 0 Å². The summed E-state index contributed by atoms with van der Waals surface area (Å²) in [7, 11) is 5.40. The Labute approximate surface area is 356 Å². The van der Waals surface area contributed by atoms with Gasteiger partial charge >= 0.3 is 11.9 Å². The number of carbonyl (C=O) groups excluding carboxylic acids is 3. The number of ether oxygens (including phenoxy) is 3. The predicted molar refractivity (Wildman–Crippen MR) is 240 cm³/mol. The molecule has 0 aliphatic carbocycles. The molecular formula is C50H89NO7. The first-order chi connectivity index (χ1) is 28.1. The highest BCUT2D eigenvalue weighted by molar-refractivity contribution is 5.70. The van der Waals surface area contributed by atoms with Gasteiger partial charge in [0.2, 0.25) is 0 Å². The Bertz CT molecular complexity index is 1090. The molecule has 0 aliphatic heterocycles. The van der Waals surface area contributed by atoms with Crippen molar-refractivity contribution in [1.82, 2.24) is 0 Å². The normalized spacial score (nSPS) is 13.3. The first-order valence-electron chi connectivity index (χ1n) is 23.7. The minimum atomic E-state index is -1.13. The van der Waals surface area contributed by atoms with E-state index in [4.69, 9.17) is 14.2 Å². The molecule has 0 N–H and O–H groups in total. The highest BCUT2D eigenvalue weighted by atomic mass is 16.6. The Morgan fingerprint density at radius 1 is 0.517 bits per heavy atom. The Morgan fingerprint density at radius 2 is 0.931 bits per heavy atom. The zero-order chi connectivity index (χ0) is 42.8. The van der Waals surface area contributed by atoms with E-state index < -0.39 is 18.1 Å². The van der Waals surface area contributed by atoms with Crippen LogP contribution >= 0.6 is 0 Å². The van der Waals surface area contributed by atoms with Crippen molar-refractivity contribution < 1.29 is 38.2 Å². The average molecular weight is 816 g/mol. The third kappa shape index (κ3) is 38.8. The van der Waals surface area contributed by atoms with E-state index in [1.807, 2.05) is 0 Å². The summed E-state index contributed by atoms with van der Waals surface area (Å²) in [6.07, 6.45) is 48.4. The van der Waals surface area contributed by atoms with Gasteiger partial charge in [-0.3, -0.25) is 9.59 Å². The summed E-state index contributed by atoms with van der Waals surface area (Å²) in [5, 5.41) is 11.6. The molecule has 0 aliphatic rings. The fourth-order valence-electron chi connectivity index (χ4n) is 6.77. The highest BCUT2D eigenvalue weighted by Crippen LogP contribution is 2.13. The number of rotatable bonds is 42. The second kappa shape index (κ2) is 41.0. The summed E-state index contributed by atoms with van der Waals surface area (Å²) in [5.41, 5.74) is 0. The van der Waals surface area contributed by atoms with Crippen molar-refractivity contribution in [2.24, 2.45) is 0 Å². The number of aliphatic carboxylic acids is 1. The van der Waals surface area contributed by atoms with Crippen LogP contribution in [0.5, 0.6) is 0 Å². The lowest BCUT2D eigenvalue weighted by atomic mass is 10.1. The van der Waals surface area contributed by atoms with Gasteiger partial charge in [-0.15, -0.1) is 0 Å². The van der Waals surface area contributed by atoms with Gasteiger partial charge in [0.1, 0.15) is 12.6 Å². The maximum Gasteiger partial charge on any atom is 0.306 e. The average Bonchev–Trinajstić information content (AvgIpc) is 3.18. The van der Waals surface area contributed by atoms with Crippen molar-refractivity contribution in [3.63, 3.8) is 0 Å². The van der Waals surface area contributed by atoms with Crippen LogP contribution in [0.2, 0.25) is 0 Å². The number of nitrogens with zero attached hydrogens (tertiary/aromatic N) is 1. The zero-order valence-electron chi connectivity index (χ0n) is 38.2. The third-order valence-corrected chi connectivity index (χ3v) is 10.5. The van der Waals surface area contributed by atoms with E-state index in [0.29, 0.717) is 12.8 Å². The van der Waals surface area contributed by atoms with E-state index in [2.05, 4.69) is 62.5 Å². The van der Waals surface area contributed by atoms with Crippen molar-refractivity contribution in [2.45, 2.75) is 212 Å². The van der Waals surface area contributed by atoms with Gasteiger partial charge in [0.25, 0.3) is 0 Å². The second-order valence-corrected chi connectivity index (χ2v) is 17.0. The largest absolute Gasteiger partial charge is 0.544 e. The van der Waals surface area contributed by atoms with Gasteiger partial charge in [-0.1, -0.05) is 165 Å². The molecule has 8 nitrogen and oxygen atoms in total. The number of likely N-dealkylation sites (N-methyl/N-ethyl adjacent to an activating group) is 1. The standard InChI is InChI=1S/C50H89NO7/c1-6-8-10-12-14-16-18-20-22-24-25-27-29-31-33-35-37-39-41-49(53)58-46(44-56-43-42-47(50(54)55)51(3,4)5)45-57-48(52)40-38-36-34-32-30-28-26-23-21-19-17-15-13-11-9-7-2/h18,20,22-27,46-47H,6-17,19,21,28-45H2,1-5H3/b20-18+,24-22+,26-23+,27-25+. The van der Waals surface area contributed by atoms with Gasteiger partial charge < -0.3 is 28.6 Å². The smallest absolute Gasteiger partial charge is 0.306 e. The van der Waals surface area contributed by atoms with E-state index in [1.54, 1.807) is 21.1 Å². The van der Waals surface area contributed by atoms with Gasteiger partial charge in [-0.25, -0.2) is 0 Å². The summed E-state index contributed by atoms with van der Waals surface area (Å²) in [6.45, 7) is 4.62. The van der Waals surface area contributed by atoms with Gasteiger partial charge in [0.15, 0.2) is 6.10 Å². The summed E-state index contributed by atoms with van der Waals surface area (Å²) >= 11 is 0. The molecule has 0 aromatic heterocycles. The zero-order valence-corrected chi connectivity index (χ0v) is 38.2. The molecule has 0 aromatic carbocycles. The molecule has 0 amide bonds. The fraction of sp³-hybridized carbons (Fsp3) is 0.780. The van der Waals surface area contributed by atoms with Crippen LogP contribution in [0, 0.1) is 0 Å². The summed E-state index contributed by atoms with van der Waals surface area (Å²) in [4.78, 5) is 36.9. The third-order valence-electron chi connectivity index (χ3n) is 10.5. The maximum absolute atomic E-state index is 12.7. The van der Waals surface area contributed by atoms with Crippen molar-refractivity contribution >= 4 is 17.9 Å². The second-order valence-electron chi connectivity index (χ2n) is 17.0. The Hall–Kier alpha value is -2.71. The molecule has 0 saturated heterocycles. The van der Waals surface area contributed by atoms with E-state index >= 15 is 0 Å². The lowest BCUT2D eigenvalue weighted by molar-refractivity contribution is -0.889. The number of quaternary nitrogens is 1. The Balaban J connectivity index is 4.37. The lowest BCUT2D eigenvalue weighted by Gasteiger charge is -2.34. The number of allylic oxidation sites excluding steroid dienone is 8. The van der Waals surface area contributed by atoms with Crippen LogP contribution in [0.4, 0.5) is 0 Å². The fourth-order valence-corrected chi connectivity index (χ4v) is 6.77. The number of carboxylic acids is 1. The molecule has 58 heavy (non-hydrogen) atoms. The molecule has 2 unspecified atom stereocenters. The van der Waals surface area contributed by atoms with Gasteiger partial charge in [-0.05, 0) is 64.2 Å². The van der Waals surface area contributed by atoms with Crippen LogP contribution < -0.4 is 5.11 Å².